The van der Waals surface area contributed by atoms with Crippen LogP contribution >= 0.6 is 23.1 Å². The molecule has 9 heteroatoms. The van der Waals surface area contributed by atoms with Gasteiger partial charge in [-0.05, 0) is 37.5 Å². The van der Waals surface area contributed by atoms with Crippen molar-refractivity contribution in [2.45, 2.75) is 36.7 Å². The molecule has 0 spiro atoms. The van der Waals surface area contributed by atoms with Crippen LogP contribution in [0.4, 0.5) is 10.3 Å². The van der Waals surface area contributed by atoms with Gasteiger partial charge < -0.3 is 10.5 Å². The third-order valence-corrected chi connectivity index (χ3v) is 6.32. The van der Waals surface area contributed by atoms with E-state index in [0.29, 0.717) is 38.7 Å². The van der Waals surface area contributed by atoms with E-state index in [1.807, 2.05) is 10.6 Å². The van der Waals surface area contributed by atoms with Crippen LogP contribution in [0.1, 0.15) is 41.0 Å². The minimum atomic E-state index is -0.424. The minimum Gasteiger partial charge on any atom is -0.462 e. The van der Waals surface area contributed by atoms with Gasteiger partial charge in [0, 0.05) is 21.9 Å². The van der Waals surface area contributed by atoms with Gasteiger partial charge in [-0.15, -0.1) is 21.5 Å². The summed E-state index contributed by atoms with van der Waals surface area (Å²) in [4.78, 5) is 12.8. The van der Waals surface area contributed by atoms with E-state index >= 15 is 0 Å². The molecule has 0 unspecified atom stereocenters. The smallest absolute Gasteiger partial charge is 0.348 e. The van der Waals surface area contributed by atoms with Gasteiger partial charge in [-0.1, -0.05) is 17.8 Å². The van der Waals surface area contributed by atoms with Crippen molar-refractivity contribution >= 4 is 45.1 Å². The molecule has 26 heavy (non-hydrogen) atoms. The zero-order chi connectivity index (χ0) is 18.3. The Balaban J connectivity index is 1.71. The number of hydrogen-bond donors (Lipinski definition) is 1. The van der Waals surface area contributed by atoms with Crippen LogP contribution in [0.3, 0.4) is 0 Å². The molecule has 2 heterocycles. The van der Waals surface area contributed by atoms with Crippen molar-refractivity contribution in [2.24, 2.45) is 0 Å². The van der Waals surface area contributed by atoms with Crippen molar-refractivity contribution in [2.75, 3.05) is 12.3 Å². The van der Waals surface area contributed by atoms with E-state index in [4.69, 9.17) is 10.5 Å². The van der Waals surface area contributed by atoms with Crippen LogP contribution in [0.15, 0.2) is 23.4 Å². The van der Waals surface area contributed by atoms with Gasteiger partial charge in [-0.3, -0.25) is 4.57 Å². The first-order valence-corrected chi connectivity index (χ1v) is 10.1. The van der Waals surface area contributed by atoms with E-state index in [0.717, 1.165) is 17.5 Å². The van der Waals surface area contributed by atoms with Crippen LogP contribution in [-0.4, -0.2) is 27.3 Å². The summed E-state index contributed by atoms with van der Waals surface area (Å²) in [6, 6.07) is 5.20. The molecule has 1 aromatic carbocycles. The van der Waals surface area contributed by atoms with Crippen LogP contribution < -0.4 is 5.73 Å². The molecule has 2 aromatic heterocycles. The predicted molar refractivity (Wildman–Crippen MR) is 100 cm³/mol. The van der Waals surface area contributed by atoms with Crippen molar-refractivity contribution in [3.8, 4) is 0 Å². The number of fused-ring (bicyclic) bond motifs is 1. The maximum absolute atomic E-state index is 14.4. The highest BCUT2D eigenvalue weighted by atomic mass is 32.2. The molecule has 3 aromatic rings. The van der Waals surface area contributed by atoms with Crippen LogP contribution in [0, 0.1) is 5.82 Å². The number of halogens is 1. The largest absolute Gasteiger partial charge is 0.462 e. The Kier molecular flexibility index (Phi) is 4.58. The summed E-state index contributed by atoms with van der Waals surface area (Å²) in [7, 11) is 0. The molecule has 0 bridgehead atoms. The van der Waals surface area contributed by atoms with Gasteiger partial charge in [0.15, 0.2) is 5.16 Å². The first-order chi connectivity index (χ1) is 12.6. The molecule has 0 amide bonds. The molecule has 0 aliphatic heterocycles. The van der Waals surface area contributed by atoms with E-state index in [1.165, 1.54) is 29.2 Å². The fourth-order valence-electron chi connectivity index (χ4n) is 2.87. The molecule has 1 fully saturated rings. The summed E-state index contributed by atoms with van der Waals surface area (Å²) >= 11 is 2.66. The first kappa shape index (κ1) is 17.3. The van der Waals surface area contributed by atoms with Gasteiger partial charge in [0.2, 0.25) is 5.95 Å². The van der Waals surface area contributed by atoms with Crippen molar-refractivity contribution < 1.29 is 13.9 Å². The van der Waals surface area contributed by atoms with Crippen molar-refractivity contribution in [3.05, 3.63) is 34.5 Å². The SMILES string of the molecule is CCOC(=O)c1sc2cccc(F)c2c1CSc1nnc(N)n1C1CC1. The van der Waals surface area contributed by atoms with E-state index in [-0.39, 0.29) is 12.4 Å². The number of carbonyl (C=O) groups excluding carboxylic acids is 1. The highest BCUT2D eigenvalue weighted by Gasteiger charge is 2.29. The van der Waals surface area contributed by atoms with Crippen LogP contribution in [0.25, 0.3) is 10.1 Å². The Hall–Kier alpha value is -2.13. The topological polar surface area (TPSA) is 83.0 Å². The zero-order valence-electron chi connectivity index (χ0n) is 14.1. The lowest BCUT2D eigenvalue weighted by atomic mass is 10.1. The lowest BCUT2D eigenvalue weighted by molar-refractivity contribution is 0.0531. The second-order valence-electron chi connectivity index (χ2n) is 5.97. The molecular formula is C17H17FN4O2S2. The van der Waals surface area contributed by atoms with Crippen molar-refractivity contribution in [1.82, 2.24) is 14.8 Å². The Morgan fingerprint density at radius 1 is 1.46 bits per heavy atom. The molecule has 2 N–H and O–H groups in total. The Labute approximate surface area is 157 Å². The van der Waals surface area contributed by atoms with E-state index < -0.39 is 5.97 Å². The number of aromatic nitrogens is 3. The molecular weight excluding hydrogens is 375 g/mol. The fourth-order valence-corrected chi connectivity index (χ4v) is 5.13. The maximum Gasteiger partial charge on any atom is 0.348 e. The molecule has 0 radical (unpaired) electrons. The Morgan fingerprint density at radius 3 is 3.00 bits per heavy atom. The number of rotatable bonds is 6. The number of nitrogen functional groups attached to an aromatic ring is 1. The Morgan fingerprint density at radius 2 is 2.27 bits per heavy atom. The van der Waals surface area contributed by atoms with Crippen LogP contribution in [0.5, 0.6) is 0 Å². The van der Waals surface area contributed by atoms with Crippen LogP contribution in [0.2, 0.25) is 0 Å². The summed E-state index contributed by atoms with van der Waals surface area (Å²) < 4.78 is 22.2. The average molecular weight is 392 g/mol. The van der Waals surface area contributed by atoms with Gasteiger partial charge in [0.05, 0.1) is 6.61 Å². The fraction of sp³-hybridized carbons (Fsp3) is 0.353. The van der Waals surface area contributed by atoms with Crippen molar-refractivity contribution in [1.29, 1.82) is 0 Å². The zero-order valence-corrected chi connectivity index (χ0v) is 15.7. The molecule has 0 atom stereocenters. The van der Waals surface area contributed by atoms with E-state index in [1.54, 1.807) is 13.0 Å². The number of thiophene rings is 1. The number of carbonyl (C=O) groups is 1. The van der Waals surface area contributed by atoms with Gasteiger partial charge in [0.25, 0.3) is 0 Å². The molecule has 1 saturated carbocycles. The average Bonchev–Trinajstić information content (AvgIpc) is 3.27. The van der Waals surface area contributed by atoms with Gasteiger partial charge in [-0.2, -0.15) is 0 Å². The maximum atomic E-state index is 14.4. The highest BCUT2D eigenvalue weighted by molar-refractivity contribution is 7.98. The lowest BCUT2D eigenvalue weighted by Crippen LogP contribution is -2.05. The summed E-state index contributed by atoms with van der Waals surface area (Å²) in [6.45, 7) is 2.02. The molecule has 136 valence electrons. The standard InChI is InChI=1S/C17H17FN4O2S2/c1-2-24-15(23)14-10(13-11(18)4-3-5-12(13)26-14)8-25-17-21-20-16(19)22(17)9-6-7-9/h3-5,9H,2,6-8H2,1H3,(H2,19,20). The molecule has 4 rings (SSSR count). The monoisotopic (exact) mass is 392 g/mol. The second-order valence-corrected chi connectivity index (χ2v) is 7.97. The van der Waals surface area contributed by atoms with Gasteiger partial charge in [-0.25, -0.2) is 9.18 Å². The van der Waals surface area contributed by atoms with Crippen LogP contribution in [-0.2, 0) is 10.5 Å². The summed E-state index contributed by atoms with van der Waals surface area (Å²) in [6.07, 6.45) is 2.11. The third-order valence-electron chi connectivity index (χ3n) is 4.17. The Bertz CT molecular complexity index is 981. The highest BCUT2D eigenvalue weighted by Crippen LogP contribution is 2.41. The molecule has 0 saturated heterocycles. The number of nitrogens with two attached hydrogens (primary N) is 1. The third kappa shape index (κ3) is 3.05. The minimum absolute atomic E-state index is 0.273. The number of anilines is 1. The van der Waals surface area contributed by atoms with Gasteiger partial charge >= 0.3 is 5.97 Å². The molecule has 6 nitrogen and oxygen atoms in total. The quantitative estimate of drug-likeness (QED) is 0.504. The second kappa shape index (κ2) is 6.88. The van der Waals surface area contributed by atoms with Crippen molar-refractivity contribution in [3.63, 3.8) is 0 Å². The lowest BCUT2D eigenvalue weighted by Gasteiger charge is -2.07. The normalized spacial score (nSPS) is 14.1. The number of hydrogen-bond acceptors (Lipinski definition) is 7. The summed E-state index contributed by atoms with van der Waals surface area (Å²) in [5, 5.41) is 9.25. The molecule has 1 aliphatic carbocycles. The predicted octanol–water partition coefficient (Wildman–Crippen LogP) is 4.02. The number of benzene rings is 1. The molecule has 1 aliphatic rings. The first-order valence-electron chi connectivity index (χ1n) is 8.30. The van der Waals surface area contributed by atoms with Gasteiger partial charge in [0.1, 0.15) is 10.7 Å². The van der Waals surface area contributed by atoms with E-state index in [9.17, 15) is 9.18 Å². The number of ether oxygens (including phenoxy) is 1. The van der Waals surface area contributed by atoms with E-state index in [2.05, 4.69) is 10.2 Å². The number of thioether (sulfide) groups is 1. The summed E-state index contributed by atoms with van der Waals surface area (Å²) in [5.41, 5.74) is 6.54. The number of esters is 1. The number of nitrogens with zero attached hydrogens (tertiary/aromatic N) is 3. The summed E-state index contributed by atoms with van der Waals surface area (Å²) in [5.74, 6) is 0.0156.